The Morgan fingerprint density at radius 3 is 2.67 bits per heavy atom. The van der Waals surface area contributed by atoms with Crippen molar-refractivity contribution in [3.8, 4) is 0 Å². The molecule has 1 heterocycles. The molecule has 2 aromatic carbocycles. The maximum absolute atomic E-state index is 12.4. The summed E-state index contributed by atoms with van der Waals surface area (Å²) in [6.45, 7) is 8.93. The van der Waals surface area contributed by atoms with E-state index in [1.807, 2.05) is 45.0 Å². The van der Waals surface area contributed by atoms with Crippen molar-refractivity contribution in [2.75, 3.05) is 5.32 Å². The summed E-state index contributed by atoms with van der Waals surface area (Å²) in [5.74, 6) is 0.660. The van der Waals surface area contributed by atoms with Crippen LogP contribution in [0.2, 0.25) is 0 Å². The molecule has 0 aliphatic carbocycles. The minimum atomic E-state index is -0.272. The van der Waals surface area contributed by atoms with Crippen molar-refractivity contribution < 1.29 is 4.79 Å². The number of hydrazine groups is 1. The summed E-state index contributed by atoms with van der Waals surface area (Å²) in [5.41, 5.74) is 10.9. The molecule has 0 atom stereocenters. The van der Waals surface area contributed by atoms with Crippen LogP contribution in [-0.4, -0.2) is 20.6 Å². The minimum Gasteiger partial charge on any atom is -0.331 e. The van der Waals surface area contributed by atoms with Crippen LogP contribution in [0.5, 0.6) is 0 Å². The van der Waals surface area contributed by atoms with Crippen LogP contribution in [0.15, 0.2) is 36.4 Å². The van der Waals surface area contributed by atoms with E-state index in [-0.39, 0.29) is 5.91 Å². The molecule has 3 rings (SSSR count). The molecule has 1 amide bonds. The van der Waals surface area contributed by atoms with Gasteiger partial charge < -0.3 is 9.88 Å². The van der Waals surface area contributed by atoms with Crippen molar-refractivity contribution in [1.29, 1.82) is 0 Å². The van der Waals surface area contributed by atoms with E-state index in [9.17, 15) is 4.79 Å². The number of benzene rings is 2. The largest absolute Gasteiger partial charge is 0.331 e. The number of nitrogens with one attached hydrogen (secondary N) is 3. The average Bonchev–Trinajstić information content (AvgIpc) is 2.97. The van der Waals surface area contributed by atoms with Gasteiger partial charge >= 0.3 is 0 Å². The van der Waals surface area contributed by atoms with Gasteiger partial charge in [0.2, 0.25) is 0 Å². The second-order valence-electron chi connectivity index (χ2n) is 6.39. The predicted octanol–water partition coefficient (Wildman–Crippen LogP) is 3.61. The predicted molar refractivity (Wildman–Crippen MR) is 113 cm³/mol. The monoisotopic (exact) mass is 381 g/mol. The summed E-state index contributed by atoms with van der Waals surface area (Å²) >= 11 is 5.27. The van der Waals surface area contributed by atoms with Crippen molar-refractivity contribution in [2.45, 2.75) is 34.2 Å². The molecular weight excluding hydrogens is 358 g/mol. The zero-order valence-electron chi connectivity index (χ0n) is 15.9. The summed E-state index contributed by atoms with van der Waals surface area (Å²) in [6.07, 6.45) is 0. The highest BCUT2D eigenvalue weighted by Crippen LogP contribution is 2.18. The molecule has 0 saturated heterocycles. The topological polar surface area (TPSA) is 71.0 Å². The van der Waals surface area contributed by atoms with Crippen LogP contribution >= 0.6 is 12.2 Å². The quantitative estimate of drug-likeness (QED) is 0.478. The molecule has 0 bridgehead atoms. The Labute approximate surface area is 164 Å². The van der Waals surface area contributed by atoms with Crippen molar-refractivity contribution in [2.24, 2.45) is 0 Å². The first-order valence-corrected chi connectivity index (χ1v) is 9.22. The zero-order chi connectivity index (χ0) is 19.6. The highest BCUT2D eigenvalue weighted by molar-refractivity contribution is 7.80. The van der Waals surface area contributed by atoms with Gasteiger partial charge in [-0.25, -0.2) is 4.98 Å². The molecule has 27 heavy (non-hydrogen) atoms. The SMILES string of the molecule is CCn1c(C)nc2cc(C(=O)NNC(=S)Nc3cccc(C)c3C)ccc21. The van der Waals surface area contributed by atoms with Crippen LogP contribution in [0, 0.1) is 20.8 Å². The first-order valence-electron chi connectivity index (χ1n) is 8.81. The lowest BCUT2D eigenvalue weighted by atomic mass is 10.1. The van der Waals surface area contributed by atoms with Gasteiger partial charge in [0.15, 0.2) is 5.11 Å². The third-order valence-electron chi connectivity index (χ3n) is 4.66. The van der Waals surface area contributed by atoms with Crippen LogP contribution in [0.25, 0.3) is 11.0 Å². The summed E-state index contributed by atoms with van der Waals surface area (Å²) in [5, 5.41) is 3.42. The van der Waals surface area contributed by atoms with E-state index in [1.54, 1.807) is 12.1 Å². The number of aryl methyl sites for hydroxylation is 3. The standard InChI is InChI=1S/C20H23N5OS/c1-5-25-14(4)21-17-11-15(9-10-18(17)25)19(26)23-24-20(27)22-16-8-6-7-12(2)13(16)3/h6-11H,5H2,1-4H3,(H,23,26)(H2,22,24,27). The molecule has 0 aliphatic heterocycles. The molecule has 3 N–H and O–H groups in total. The van der Waals surface area contributed by atoms with Gasteiger partial charge in [-0.05, 0) is 75.3 Å². The average molecular weight is 382 g/mol. The molecule has 0 radical (unpaired) electrons. The lowest BCUT2D eigenvalue weighted by molar-refractivity contribution is 0.0944. The smallest absolute Gasteiger partial charge is 0.269 e. The molecule has 3 aromatic rings. The number of nitrogens with zero attached hydrogens (tertiary/aromatic N) is 2. The summed E-state index contributed by atoms with van der Waals surface area (Å²) in [6, 6.07) is 11.4. The summed E-state index contributed by atoms with van der Waals surface area (Å²) in [4.78, 5) is 17.0. The Morgan fingerprint density at radius 1 is 1.15 bits per heavy atom. The number of anilines is 1. The van der Waals surface area contributed by atoms with Gasteiger partial charge in [0.05, 0.1) is 11.0 Å². The molecule has 140 valence electrons. The molecule has 0 saturated carbocycles. The molecule has 0 fully saturated rings. The van der Waals surface area contributed by atoms with Crippen molar-refractivity contribution >= 4 is 40.0 Å². The Balaban J connectivity index is 1.66. The van der Waals surface area contributed by atoms with E-state index in [2.05, 4.69) is 32.6 Å². The third-order valence-corrected chi connectivity index (χ3v) is 4.86. The molecule has 0 spiro atoms. The van der Waals surface area contributed by atoms with Gasteiger partial charge in [0.25, 0.3) is 5.91 Å². The van der Waals surface area contributed by atoms with E-state index in [4.69, 9.17) is 12.2 Å². The number of fused-ring (bicyclic) bond motifs is 1. The Kier molecular flexibility index (Phi) is 5.41. The van der Waals surface area contributed by atoms with Crippen LogP contribution in [0.3, 0.4) is 0 Å². The van der Waals surface area contributed by atoms with Gasteiger partial charge in [0.1, 0.15) is 5.82 Å². The molecule has 7 heteroatoms. The van der Waals surface area contributed by atoms with E-state index in [0.717, 1.165) is 34.7 Å². The highest BCUT2D eigenvalue weighted by Gasteiger charge is 2.11. The number of amides is 1. The molecule has 0 aliphatic rings. The second kappa shape index (κ2) is 7.75. The molecule has 1 aromatic heterocycles. The van der Waals surface area contributed by atoms with Gasteiger partial charge in [-0.2, -0.15) is 0 Å². The number of carbonyl (C=O) groups excluding carboxylic acids is 1. The zero-order valence-corrected chi connectivity index (χ0v) is 16.7. The molecule has 0 unspecified atom stereocenters. The number of hydrogen-bond donors (Lipinski definition) is 3. The van der Waals surface area contributed by atoms with E-state index in [0.29, 0.717) is 10.7 Å². The van der Waals surface area contributed by atoms with Gasteiger partial charge in [-0.15, -0.1) is 0 Å². The lowest BCUT2D eigenvalue weighted by Gasteiger charge is -2.14. The normalized spacial score (nSPS) is 10.7. The number of hydrogen-bond acceptors (Lipinski definition) is 3. The molecule has 6 nitrogen and oxygen atoms in total. The number of imidazole rings is 1. The maximum atomic E-state index is 12.4. The number of carbonyl (C=O) groups is 1. The fourth-order valence-corrected chi connectivity index (χ4v) is 3.18. The van der Waals surface area contributed by atoms with Gasteiger partial charge in [-0.1, -0.05) is 12.1 Å². The van der Waals surface area contributed by atoms with Crippen molar-refractivity contribution in [3.05, 3.63) is 58.9 Å². The van der Waals surface area contributed by atoms with Crippen LogP contribution < -0.4 is 16.2 Å². The summed E-state index contributed by atoms with van der Waals surface area (Å²) in [7, 11) is 0. The third kappa shape index (κ3) is 3.93. The van der Waals surface area contributed by atoms with E-state index < -0.39 is 0 Å². The van der Waals surface area contributed by atoms with Crippen LogP contribution in [0.4, 0.5) is 5.69 Å². The Bertz CT molecular complexity index is 1020. The number of rotatable bonds is 3. The Hall–Kier alpha value is -2.93. The highest BCUT2D eigenvalue weighted by atomic mass is 32.1. The molecular formula is C20H23N5OS. The number of aromatic nitrogens is 2. The second-order valence-corrected chi connectivity index (χ2v) is 6.80. The van der Waals surface area contributed by atoms with E-state index >= 15 is 0 Å². The fraction of sp³-hybridized carbons (Fsp3) is 0.250. The van der Waals surface area contributed by atoms with Crippen LogP contribution in [-0.2, 0) is 6.54 Å². The van der Waals surface area contributed by atoms with Crippen LogP contribution in [0.1, 0.15) is 34.2 Å². The van der Waals surface area contributed by atoms with E-state index in [1.165, 1.54) is 5.56 Å². The first-order chi connectivity index (χ1) is 12.9. The van der Waals surface area contributed by atoms with Crippen molar-refractivity contribution in [1.82, 2.24) is 20.4 Å². The van der Waals surface area contributed by atoms with Gasteiger partial charge in [-0.3, -0.25) is 15.6 Å². The number of thiocarbonyl (C=S) groups is 1. The fourth-order valence-electron chi connectivity index (χ4n) is 3.02. The minimum absolute atomic E-state index is 0.272. The lowest BCUT2D eigenvalue weighted by Crippen LogP contribution is -2.43. The van der Waals surface area contributed by atoms with Crippen molar-refractivity contribution in [3.63, 3.8) is 0 Å². The first kappa shape index (κ1) is 18.8. The summed E-state index contributed by atoms with van der Waals surface area (Å²) < 4.78 is 2.11. The Morgan fingerprint density at radius 2 is 1.93 bits per heavy atom. The maximum Gasteiger partial charge on any atom is 0.269 e. The van der Waals surface area contributed by atoms with Gasteiger partial charge in [0, 0.05) is 17.8 Å².